The topological polar surface area (TPSA) is 52.6 Å². The quantitative estimate of drug-likeness (QED) is 0.410. The Kier molecular flexibility index (Phi) is 5.21. The molecule has 0 aliphatic heterocycles. The van der Waals surface area contributed by atoms with Crippen LogP contribution in [0.15, 0.2) is 0 Å². The zero-order chi connectivity index (χ0) is 10.7. The van der Waals surface area contributed by atoms with Gasteiger partial charge < -0.3 is 9.47 Å². The van der Waals surface area contributed by atoms with Crippen LogP contribution in [0.1, 0.15) is 0 Å². The van der Waals surface area contributed by atoms with Crippen molar-refractivity contribution in [3.05, 3.63) is 0 Å². The lowest BCUT2D eigenvalue weighted by molar-refractivity contribution is -0.144. The molecular formula is C5H4Br3ClO4. The van der Waals surface area contributed by atoms with Crippen LogP contribution < -0.4 is 0 Å². The molecule has 0 fully saturated rings. The first-order valence-electron chi connectivity index (χ1n) is 2.75. The van der Waals surface area contributed by atoms with Crippen LogP contribution in [0.2, 0.25) is 0 Å². The molecule has 0 aromatic rings. The number of alkyl halides is 4. The molecule has 0 saturated heterocycles. The van der Waals surface area contributed by atoms with E-state index >= 15 is 0 Å². The maximum atomic E-state index is 11.1. The van der Waals surface area contributed by atoms with E-state index < -0.39 is 13.2 Å². The fourth-order valence-electron chi connectivity index (χ4n) is 0.381. The van der Waals surface area contributed by atoms with E-state index in [1.54, 1.807) is 0 Å². The number of hydrogen-bond donors (Lipinski definition) is 0. The lowest BCUT2D eigenvalue weighted by Gasteiger charge is -2.29. The highest BCUT2D eigenvalue weighted by Gasteiger charge is 2.55. The molecule has 76 valence electrons. The summed E-state index contributed by atoms with van der Waals surface area (Å²) in [6, 6.07) is 0. The zero-order valence-corrected chi connectivity index (χ0v) is 11.7. The average molecular weight is 403 g/mol. The Morgan fingerprint density at radius 3 is 2.23 bits per heavy atom. The van der Waals surface area contributed by atoms with E-state index in [1.807, 2.05) is 0 Å². The molecule has 0 heterocycles. The van der Waals surface area contributed by atoms with E-state index in [2.05, 4.69) is 57.3 Å². The van der Waals surface area contributed by atoms with Crippen molar-refractivity contribution < 1.29 is 19.1 Å². The molecule has 1 unspecified atom stereocenters. The highest BCUT2D eigenvalue weighted by molar-refractivity contribution is 9.26. The highest BCUT2D eigenvalue weighted by atomic mass is 79.9. The summed E-state index contributed by atoms with van der Waals surface area (Å²) in [6.45, 7) is 0.130. The molecule has 0 aliphatic rings. The number of halogens is 4. The number of methoxy groups -OCH3 is 1. The molecule has 0 N–H and O–H groups in total. The second-order valence-electron chi connectivity index (χ2n) is 1.80. The molecule has 0 radical (unpaired) electrons. The van der Waals surface area contributed by atoms with E-state index in [0.717, 1.165) is 7.11 Å². The van der Waals surface area contributed by atoms with Crippen LogP contribution in [-0.4, -0.2) is 26.8 Å². The predicted octanol–water partition coefficient (Wildman–Crippen LogP) is 2.11. The third-order valence-corrected chi connectivity index (χ3v) is 5.39. The average Bonchev–Trinajstić information content (AvgIpc) is 2.02. The Labute approximate surface area is 105 Å². The number of carbonyl (C=O) groups is 2. The molecule has 8 heteroatoms. The molecule has 0 aliphatic carbocycles. The summed E-state index contributed by atoms with van der Waals surface area (Å²) >= 11 is 14.3. The van der Waals surface area contributed by atoms with Crippen LogP contribution in [0.3, 0.4) is 0 Å². The molecule has 0 saturated carbocycles. The van der Waals surface area contributed by atoms with Gasteiger partial charge in [0.05, 0.1) is 7.11 Å². The van der Waals surface area contributed by atoms with Crippen molar-refractivity contribution in [3.8, 4) is 0 Å². The van der Waals surface area contributed by atoms with Gasteiger partial charge in [0.1, 0.15) is 0 Å². The smallest absolute Gasteiger partial charge is 0.344 e. The third kappa shape index (κ3) is 3.07. The second kappa shape index (κ2) is 4.95. The summed E-state index contributed by atoms with van der Waals surface area (Å²) in [7, 11) is 1.15. The lowest BCUT2D eigenvalue weighted by atomic mass is 10.4. The van der Waals surface area contributed by atoms with Gasteiger partial charge in [0.25, 0.3) is 13.7 Å². The normalized spacial score (nSPS) is 15.8. The van der Waals surface area contributed by atoms with E-state index in [4.69, 9.17) is 11.6 Å². The zero-order valence-electron chi connectivity index (χ0n) is 6.22. The van der Waals surface area contributed by atoms with Crippen LogP contribution >= 0.6 is 59.4 Å². The van der Waals surface area contributed by atoms with Crippen molar-refractivity contribution in [2.45, 2.75) is 7.20 Å². The number of carbonyl (C=O) groups excluding carboxylic acids is 2. The minimum atomic E-state index is -1.74. The molecular weight excluding hydrogens is 399 g/mol. The molecule has 1 atom stereocenters. The molecule has 0 spiro atoms. The van der Waals surface area contributed by atoms with Gasteiger partial charge in [-0.05, 0) is 47.8 Å². The minimum absolute atomic E-state index is 0.130. The van der Waals surface area contributed by atoms with Crippen molar-refractivity contribution in [3.63, 3.8) is 0 Å². The highest BCUT2D eigenvalue weighted by Crippen LogP contribution is 2.48. The first kappa shape index (κ1) is 13.7. The number of esters is 1. The molecule has 0 amide bonds. The van der Waals surface area contributed by atoms with Gasteiger partial charge >= 0.3 is 5.97 Å². The summed E-state index contributed by atoms with van der Waals surface area (Å²) in [6.07, 6.45) is 0. The molecule has 0 aromatic carbocycles. The van der Waals surface area contributed by atoms with Crippen LogP contribution in [0.25, 0.3) is 0 Å². The standard InChI is InChI=1S/C5H4Br3ClO4/c1-12-3(11)4(6,9)5(7,8)13-2-10/h2H,1H3. The first-order valence-corrected chi connectivity index (χ1v) is 5.50. The van der Waals surface area contributed by atoms with Crippen molar-refractivity contribution in [2.75, 3.05) is 7.11 Å². The van der Waals surface area contributed by atoms with Crippen molar-refractivity contribution in [1.29, 1.82) is 0 Å². The lowest BCUT2D eigenvalue weighted by Crippen LogP contribution is -2.44. The maximum Gasteiger partial charge on any atom is 0.344 e. The van der Waals surface area contributed by atoms with Gasteiger partial charge in [0.15, 0.2) is 0 Å². The third-order valence-electron chi connectivity index (χ3n) is 1.00. The molecule has 4 nitrogen and oxygen atoms in total. The van der Waals surface area contributed by atoms with Crippen LogP contribution in [0.4, 0.5) is 0 Å². The molecule has 13 heavy (non-hydrogen) atoms. The van der Waals surface area contributed by atoms with E-state index in [-0.39, 0.29) is 6.47 Å². The van der Waals surface area contributed by atoms with Crippen LogP contribution in [0.5, 0.6) is 0 Å². The molecule has 0 aromatic heterocycles. The van der Waals surface area contributed by atoms with Gasteiger partial charge in [-0.3, -0.25) is 4.79 Å². The monoisotopic (exact) mass is 400 g/mol. The van der Waals surface area contributed by atoms with E-state index in [9.17, 15) is 9.59 Å². The van der Waals surface area contributed by atoms with Gasteiger partial charge in [-0.25, -0.2) is 4.79 Å². The largest absolute Gasteiger partial charge is 0.467 e. The van der Waals surface area contributed by atoms with Gasteiger partial charge in [-0.2, -0.15) is 0 Å². The fraction of sp³-hybridized carbons (Fsp3) is 0.600. The van der Waals surface area contributed by atoms with Gasteiger partial charge in [0, 0.05) is 0 Å². The van der Waals surface area contributed by atoms with E-state index in [1.165, 1.54) is 0 Å². The van der Waals surface area contributed by atoms with Crippen LogP contribution in [-0.2, 0) is 19.1 Å². The van der Waals surface area contributed by atoms with Crippen molar-refractivity contribution in [2.24, 2.45) is 0 Å². The number of rotatable bonds is 4. The SMILES string of the molecule is COC(=O)C(Cl)(Br)C(Br)(Br)OC=O. The Hall–Kier alpha value is 0.670. The Bertz CT molecular complexity index is 218. The van der Waals surface area contributed by atoms with Crippen LogP contribution in [0, 0.1) is 0 Å². The van der Waals surface area contributed by atoms with Gasteiger partial charge in [-0.15, -0.1) is 0 Å². The van der Waals surface area contributed by atoms with Crippen molar-refractivity contribution >= 4 is 71.8 Å². The summed E-state index contributed by atoms with van der Waals surface area (Å²) in [5, 5.41) is 0. The van der Waals surface area contributed by atoms with Crippen molar-refractivity contribution in [1.82, 2.24) is 0 Å². The summed E-state index contributed by atoms with van der Waals surface area (Å²) in [4.78, 5) is 21.2. The summed E-state index contributed by atoms with van der Waals surface area (Å²) < 4.78 is 5.56. The predicted molar refractivity (Wildman–Crippen MR) is 57.3 cm³/mol. The Morgan fingerprint density at radius 2 is 1.92 bits per heavy atom. The fourth-order valence-corrected chi connectivity index (χ4v) is 1.23. The summed E-state index contributed by atoms with van der Waals surface area (Å²) in [5.74, 6) is -0.815. The summed E-state index contributed by atoms with van der Waals surface area (Å²) in [5.41, 5.74) is 0. The maximum absolute atomic E-state index is 11.1. The Morgan fingerprint density at radius 1 is 1.46 bits per heavy atom. The van der Waals surface area contributed by atoms with E-state index in [0.29, 0.717) is 0 Å². The van der Waals surface area contributed by atoms with Gasteiger partial charge in [0.2, 0.25) is 0 Å². The molecule has 0 bridgehead atoms. The second-order valence-corrected chi connectivity index (χ2v) is 7.31. The molecule has 0 rings (SSSR count). The first-order chi connectivity index (χ1) is 5.79. The van der Waals surface area contributed by atoms with Gasteiger partial charge in [-0.1, -0.05) is 11.6 Å². The number of hydrogen-bond acceptors (Lipinski definition) is 4. The number of ether oxygens (including phenoxy) is 2. The minimum Gasteiger partial charge on any atom is -0.467 e. The Balaban J connectivity index is 4.78.